The molecule has 0 aliphatic heterocycles. The first-order valence-corrected chi connectivity index (χ1v) is 7.47. The molecule has 2 rings (SSSR count). The van der Waals surface area contributed by atoms with E-state index in [4.69, 9.17) is 0 Å². The summed E-state index contributed by atoms with van der Waals surface area (Å²) in [4.78, 5) is 0.204. The summed E-state index contributed by atoms with van der Waals surface area (Å²) in [7, 11) is -2.10. The second-order valence-corrected chi connectivity index (χ2v) is 6.34. The van der Waals surface area contributed by atoms with E-state index in [2.05, 4.69) is 10.0 Å². The van der Waals surface area contributed by atoms with E-state index in [-0.39, 0.29) is 4.90 Å². The predicted molar refractivity (Wildman–Crippen MR) is 69.9 cm³/mol. The summed E-state index contributed by atoms with van der Waals surface area (Å²) in [5.41, 5.74) is 0.520. The van der Waals surface area contributed by atoms with Crippen molar-refractivity contribution in [1.29, 1.82) is 0 Å². The zero-order chi connectivity index (χ0) is 13.2. The zero-order valence-electron chi connectivity index (χ0n) is 10.3. The van der Waals surface area contributed by atoms with Gasteiger partial charge in [-0.05, 0) is 37.9 Å². The fourth-order valence-electron chi connectivity index (χ4n) is 1.82. The largest absolute Gasteiger partial charge is 0.391 e. The minimum absolute atomic E-state index is 0.204. The van der Waals surface area contributed by atoms with Crippen LogP contribution in [0.3, 0.4) is 0 Å². The number of rotatable bonds is 6. The molecule has 1 unspecified atom stereocenters. The zero-order valence-corrected chi connectivity index (χ0v) is 11.1. The van der Waals surface area contributed by atoms with Crippen molar-refractivity contribution in [3.63, 3.8) is 0 Å². The molecule has 3 N–H and O–H groups in total. The molecule has 0 saturated heterocycles. The van der Waals surface area contributed by atoms with Gasteiger partial charge in [0.15, 0.2) is 0 Å². The molecule has 0 aromatic heterocycles. The lowest BCUT2D eigenvalue weighted by Crippen LogP contribution is -2.24. The van der Waals surface area contributed by atoms with Gasteiger partial charge in [0.2, 0.25) is 10.0 Å². The second-order valence-electron chi connectivity index (χ2n) is 4.49. The maximum atomic E-state index is 11.8. The van der Waals surface area contributed by atoms with Crippen molar-refractivity contribution in [2.75, 3.05) is 18.9 Å². The third kappa shape index (κ3) is 3.01. The normalized spacial score (nSPS) is 17.4. The van der Waals surface area contributed by atoms with Crippen LogP contribution in [0.25, 0.3) is 0 Å². The smallest absolute Gasteiger partial charge is 0.242 e. The van der Waals surface area contributed by atoms with Gasteiger partial charge >= 0.3 is 0 Å². The summed E-state index contributed by atoms with van der Waals surface area (Å²) in [5.74, 6) is 0.366. The van der Waals surface area contributed by atoms with Crippen LogP contribution in [0.2, 0.25) is 0 Å². The molecule has 0 bridgehead atoms. The summed E-state index contributed by atoms with van der Waals surface area (Å²) in [6, 6.07) is 6.68. The van der Waals surface area contributed by atoms with Crippen LogP contribution in [-0.4, -0.2) is 33.2 Å². The monoisotopic (exact) mass is 270 g/mol. The Bertz CT molecular complexity index is 512. The van der Waals surface area contributed by atoms with Crippen LogP contribution in [0.15, 0.2) is 29.2 Å². The van der Waals surface area contributed by atoms with Crippen molar-refractivity contribution in [2.45, 2.75) is 23.8 Å². The van der Waals surface area contributed by atoms with Crippen LogP contribution >= 0.6 is 0 Å². The lowest BCUT2D eigenvalue weighted by Gasteiger charge is -2.14. The molecule has 0 spiro atoms. The number of hydrogen-bond donors (Lipinski definition) is 3. The van der Waals surface area contributed by atoms with Gasteiger partial charge in [-0.25, -0.2) is 13.1 Å². The van der Waals surface area contributed by atoms with Gasteiger partial charge in [0.05, 0.1) is 11.8 Å². The molecule has 1 saturated carbocycles. The van der Waals surface area contributed by atoms with E-state index in [9.17, 15) is 13.5 Å². The van der Waals surface area contributed by atoms with E-state index in [0.29, 0.717) is 18.2 Å². The summed E-state index contributed by atoms with van der Waals surface area (Å²) in [6.45, 7) is 0.376. The maximum absolute atomic E-state index is 11.8. The minimum atomic E-state index is -3.48. The maximum Gasteiger partial charge on any atom is 0.242 e. The van der Waals surface area contributed by atoms with E-state index < -0.39 is 16.1 Å². The third-order valence-electron chi connectivity index (χ3n) is 3.11. The van der Waals surface area contributed by atoms with E-state index in [1.54, 1.807) is 18.2 Å². The molecule has 18 heavy (non-hydrogen) atoms. The van der Waals surface area contributed by atoms with Gasteiger partial charge in [-0.1, -0.05) is 12.1 Å². The molecule has 1 fully saturated rings. The van der Waals surface area contributed by atoms with E-state index in [1.165, 1.54) is 13.1 Å². The molecular formula is C12H18N2O3S. The molecule has 6 heteroatoms. The van der Waals surface area contributed by atoms with Crippen LogP contribution in [0, 0.1) is 5.92 Å². The topological polar surface area (TPSA) is 78.4 Å². The van der Waals surface area contributed by atoms with E-state index in [0.717, 1.165) is 12.8 Å². The van der Waals surface area contributed by atoms with Crippen molar-refractivity contribution in [3.8, 4) is 0 Å². The molecule has 1 aliphatic carbocycles. The highest BCUT2D eigenvalue weighted by Gasteiger charge is 2.29. The number of anilines is 1. The van der Waals surface area contributed by atoms with Crippen molar-refractivity contribution in [2.24, 2.45) is 5.92 Å². The molecule has 5 nitrogen and oxygen atoms in total. The predicted octanol–water partition coefficient (Wildman–Crippen LogP) is 0.777. The summed E-state index contributed by atoms with van der Waals surface area (Å²) < 4.78 is 25.9. The Hall–Kier alpha value is -1.11. The highest BCUT2D eigenvalue weighted by molar-refractivity contribution is 7.89. The summed E-state index contributed by atoms with van der Waals surface area (Å²) in [5, 5.41) is 12.8. The average molecular weight is 270 g/mol. The minimum Gasteiger partial charge on any atom is -0.391 e. The quantitative estimate of drug-likeness (QED) is 0.713. The number of para-hydroxylation sites is 1. The number of benzene rings is 1. The lowest BCUT2D eigenvalue weighted by molar-refractivity contribution is 0.164. The van der Waals surface area contributed by atoms with Crippen LogP contribution in [-0.2, 0) is 10.0 Å². The Kier molecular flexibility index (Phi) is 3.89. The standard InChI is InChI=1S/C12H18N2O3S/c1-13-18(16,17)12-5-3-2-4-10(12)14-8-11(15)9-6-7-9/h2-5,9,11,13-15H,6-8H2,1H3. The van der Waals surface area contributed by atoms with Crippen molar-refractivity contribution in [3.05, 3.63) is 24.3 Å². The molecule has 0 heterocycles. The fourth-order valence-corrected chi connectivity index (χ4v) is 2.73. The van der Waals surface area contributed by atoms with Crippen LogP contribution in [0.1, 0.15) is 12.8 Å². The first-order chi connectivity index (χ1) is 8.54. The van der Waals surface area contributed by atoms with Crippen molar-refractivity contribution >= 4 is 15.7 Å². The molecule has 1 aromatic rings. The van der Waals surface area contributed by atoms with Crippen LogP contribution in [0.4, 0.5) is 5.69 Å². The highest BCUT2D eigenvalue weighted by atomic mass is 32.2. The Morgan fingerprint density at radius 2 is 2.06 bits per heavy atom. The average Bonchev–Trinajstić information content (AvgIpc) is 3.20. The number of aliphatic hydroxyl groups is 1. The summed E-state index contributed by atoms with van der Waals surface area (Å²) >= 11 is 0. The van der Waals surface area contributed by atoms with Gasteiger partial charge < -0.3 is 10.4 Å². The number of sulfonamides is 1. The SMILES string of the molecule is CNS(=O)(=O)c1ccccc1NCC(O)C1CC1. The van der Waals surface area contributed by atoms with Crippen molar-refractivity contribution < 1.29 is 13.5 Å². The second kappa shape index (κ2) is 5.26. The van der Waals surface area contributed by atoms with E-state index in [1.807, 2.05) is 0 Å². The van der Waals surface area contributed by atoms with Gasteiger partial charge in [0, 0.05) is 6.54 Å². The van der Waals surface area contributed by atoms with Crippen LogP contribution < -0.4 is 10.0 Å². The van der Waals surface area contributed by atoms with E-state index >= 15 is 0 Å². The molecule has 1 atom stereocenters. The van der Waals surface area contributed by atoms with Crippen LogP contribution in [0.5, 0.6) is 0 Å². The molecule has 100 valence electrons. The molecule has 1 aliphatic rings. The van der Waals surface area contributed by atoms with Gasteiger partial charge in [-0.2, -0.15) is 0 Å². The van der Waals surface area contributed by atoms with Crippen molar-refractivity contribution in [1.82, 2.24) is 4.72 Å². The molecule has 0 radical (unpaired) electrons. The first kappa shape index (κ1) is 13.3. The third-order valence-corrected chi connectivity index (χ3v) is 4.59. The summed E-state index contributed by atoms with van der Waals surface area (Å²) in [6.07, 6.45) is 1.70. The lowest BCUT2D eigenvalue weighted by atomic mass is 10.2. The fraction of sp³-hybridized carbons (Fsp3) is 0.500. The number of aliphatic hydroxyl groups excluding tert-OH is 1. The molecule has 0 amide bonds. The number of hydrogen-bond acceptors (Lipinski definition) is 4. The Balaban J connectivity index is 2.12. The molecule has 1 aromatic carbocycles. The Morgan fingerprint density at radius 1 is 1.39 bits per heavy atom. The Labute approximate surface area is 107 Å². The molecular weight excluding hydrogens is 252 g/mol. The van der Waals surface area contributed by atoms with Gasteiger partial charge in [0.1, 0.15) is 4.90 Å². The first-order valence-electron chi connectivity index (χ1n) is 5.99. The Morgan fingerprint density at radius 3 is 2.67 bits per heavy atom. The highest BCUT2D eigenvalue weighted by Crippen LogP contribution is 2.32. The van der Waals surface area contributed by atoms with Gasteiger partial charge in [-0.3, -0.25) is 0 Å². The number of nitrogens with one attached hydrogen (secondary N) is 2. The van der Waals surface area contributed by atoms with Gasteiger partial charge in [-0.15, -0.1) is 0 Å². The van der Waals surface area contributed by atoms with Gasteiger partial charge in [0.25, 0.3) is 0 Å².